The van der Waals surface area contributed by atoms with Crippen molar-refractivity contribution in [2.45, 2.75) is 130 Å². The molecule has 466 valence electrons. The number of halogens is 4. The molecule has 0 radical (unpaired) electrons. The number of ether oxygens (including phenoxy) is 7. The number of carboxylic acid groups (broad SMARTS) is 1. The third kappa shape index (κ3) is 26.2. The molecule has 5 N–H and O–H groups in total. The Morgan fingerprint density at radius 3 is 1.22 bits per heavy atom. The second kappa shape index (κ2) is 32.8. The highest BCUT2D eigenvalue weighted by Gasteiger charge is 2.53. The van der Waals surface area contributed by atoms with Gasteiger partial charge in [-0.25, -0.2) is 19.2 Å². The fourth-order valence-electron chi connectivity index (χ4n) is 7.16. The van der Waals surface area contributed by atoms with Crippen LogP contribution in [0.4, 0.5) is 14.0 Å². The van der Waals surface area contributed by atoms with E-state index in [9.17, 15) is 42.7 Å². The number of nitrogens with one attached hydrogen (secondary N) is 4. The number of hydrogen-bond acceptors (Lipinski definition) is 15. The SMILES string of the molecule is CC(C)(C)OC(=O)NCC1(C(=O)OCCl)CC1.CC(C)(C)OC(=O)NCC1(C(=O)OCOC(=O)C(C)(C)Oc2ccc(CCNC(=O)c3ccc(Cl)cc3)cc2)CC1.CC(C)(Oc1ccc(CCNC(=O)c2ccc(Cl)cc2)cc1)C(=O)O.[2H]CF. The average molecular weight is 1250 g/mol. The zero-order valence-corrected chi connectivity index (χ0v) is 51.8. The van der Waals surface area contributed by atoms with E-state index in [2.05, 4.69) is 21.3 Å². The molecule has 6 rings (SSSR count). The lowest BCUT2D eigenvalue weighted by atomic mass is 10.1. The van der Waals surface area contributed by atoms with Crippen molar-refractivity contribution < 1.29 is 82.4 Å². The molecule has 4 amide bonds. The summed E-state index contributed by atoms with van der Waals surface area (Å²) in [4.78, 5) is 95.2. The smallest absolute Gasteiger partial charge is 0.407 e. The molecule has 0 spiro atoms. The number of carbonyl (C=O) groups is 8. The molecule has 2 fully saturated rings. The average Bonchev–Trinajstić information content (AvgIpc) is 2.43. The predicted molar refractivity (Wildman–Crippen MR) is 318 cm³/mol. The molecule has 2 aliphatic carbocycles. The van der Waals surface area contributed by atoms with Gasteiger partial charge in [0.1, 0.15) is 22.7 Å². The van der Waals surface area contributed by atoms with Crippen molar-refractivity contribution in [3.8, 4) is 11.5 Å². The van der Waals surface area contributed by atoms with E-state index >= 15 is 0 Å². The van der Waals surface area contributed by atoms with Gasteiger partial charge in [-0.2, -0.15) is 0 Å². The van der Waals surface area contributed by atoms with Crippen LogP contribution in [-0.4, -0.2) is 122 Å². The van der Waals surface area contributed by atoms with Gasteiger partial charge in [-0.05, 0) is 192 Å². The molecular weight excluding hydrogens is 1170 g/mol. The number of rotatable bonds is 23. The molecule has 0 saturated heterocycles. The number of esters is 3. The van der Waals surface area contributed by atoms with Crippen molar-refractivity contribution in [1.82, 2.24) is 21.3 Å². The number of carboxylic acids is 1. The first-order chi connectivity index (χ1) is 40.2. The van der Waals surface area contributed by atoms with Crippen LogP contribution in [0.25, 0.3) is 0 Å². The third-order valence-corrected chi connectivity index (χ3v) is 12.9. The number of benzene rings is 4. The topological polar surface area (TPSA) is 270 Å². The second-order valence-electron chi connectivity index (χ2n) is 22.6. The standard InChI is InChI=1S/C30H37ClN2O8.C19H20ClNO4.C11H18ClNO4.CH3F/c1-28(2,3)41-27(37)33-18-30(15-16-30)26(36)39-19-38-25(35)29(4,5)40-23-12-6-20(7-13-23)14-17-32-24(34)21-8-10-22(31)11-9-21;1-19(2,18(23)24)25-16-9-3-13(4-10-16)11-12-21-17(22)14-5-7-15(20)8-6-14;1-10(2,3)17-9(15)13-6-11(4-5-11)8(14)16-7-12;1-2/h6-13H,14-19H2,1-5H3,(H,32,34)(H,33,37);3-10H,11-12H2,1-2H3,(H,21,22)(H,23,24);4-7H2,1-3H3,(H,13,15);1H3/i;;;1D. The molecule has 4 aromatic carbocycles. The number of hydrogen-bond donors (Lipinski definition) is 5. The van der Waals surface area contributed by atoms with E-state index in [4.69, 9.17) is 74.4 Å². The summed E-state index contributed by atoms with van der Waals surface area (Å²) in [7, 11) is -1.00. The van der Waals surface area contributed by atoms with Gasteiger partial charge in [0.15, 0.2) is 17.3 Å². The van der Waals surface area contributed by atoms with Crippen molar-refractivity contribution >= 4 is 82.7 Å². The summed E-state index contributed by atoms with van der Waals surface area (Å²) < 4.78 is 52.1. The lowest BCUT2D eigenvalue weighted by Crippen LogP contribution is -2.41. The Balaban J connectivity index is 0.000000363. The summed E-state index contributed by atoms with van der Waals surface area (Å²) in [6, 6.07) is 27.5. The van der Waals surface area contributed by atoms with Crippen LogP contribution < -0.4 is 30.7 Å². The summed E-state index contributed by atoms with van der Waals surface area (Å²) in [6.45, 7) is 17.3. The van der Waals surface area contributed by atoms with Crippen LogP contribution in [-0.2, 0) is 55.7 Å². The van der Waals surface area contributed by atoms with E-state index in [-0.39, 0.29) is 36.9 Å². The summed E-state index contributed by atoms with van der Waals surface area (Å²) in [5.74, 6) is -2.05. The maximum absolute atomic E-state index is 12.6. The van der Waals surface area contributed by atoms with Crippen molar-refractivity contribution in [3.63, 3.8) is 0 Å². The van der Waals surface area contributed by atoms with Crippen LogP contribution >= 0.6 is 34.8 Å². The molecule has 20 nitrogen and oxygen atoms in total. The minimum absolute atomic E-state index is 0.0774. The lowest BCUT2D eigenvalue weighted by molar-refractivity contribution is -0.180. The first-order valence-corrected chi connectivity index (χ1v) is 28.2. The summed E-state index contributed by atoms with van der Waals surface area (Å²) in [5.41, 5.74) is -2.19. The summed E-state index contributed by atoms with van der Waals surface area (Å²) in [6.07, 6.45) is 2.63. The fraction of sp³-hybridized carbons (Fsp3) is 0.475. The molecule has 24 heteroatoms. The van der Waals surface area contributed by atoms with E-state index in [1.165, 1.54) is 13.8 Å². The molecule has 85 heavy (non-hydrogen) atoms. The number of alkyl carbamates (subject to hydrolysis) is 2. The summed E-state index contributed by atoms with van der Waals surface area (Å²) >= 11 is 17.0. The largest absolute Gasteiger partial charge is 0.478 e. The maximum Gasteiger partial charge on any atom is 0.407 e. The van der Waals surface area contributed by atoms with E-state index in [1.807, 2.05) is 24.3 Å². The van der Waals surface area contributed by atoms with Crippen LogP contribution in [0.5, 0.6) is 11.5 Å². The van der Waals surface area contributed by atoms with Gasteiger partial charge in [-0.1, -0.05) is 59.1 Å². The zero-order valence-electron chi connectivity index (χ0n) is 50.5. The van der Waals surface area contributed by atoms with Gasteiger partial charge >= 0.3 is 36.1 Å². The normalized spacial score (nSPS) is 13.6. The quantitative estimate of drug-likeness (QED) is 0.0200. The van der Waals surface area contributed by atoms with Gasteiger partial charge in [-0.3, -0.25) is 23.6 Å². The molecule has 2 saturated carbocycles. The number of amides is 4. The molecule has 0 atom stereocenters. The molecule has 0 aromatic heterocycles. The van der Waals surface area contributed by atoms with Crippen LogP contribution in [0.3, 0.4) is 0 Å². The lowest BCUT2D eigenvalue weighted by Gasteiger charge is -2.24. The fourth-order valence-corrected chi connectivity index (χ4v) is 7.51. The van der Waals surface area contributed by atoms with Crippen LogP contribution in [0.2, 0.25) is 10.0 Å². The van der Waals surface area contributed by atoms with Crippen molar-refractivity contribution in [1.29, 1.82) is 0 Å². The number of aliphatic carboxylic acids is 1. The maximum atomic E-state index is 12.6. The first kappa shape index (κ1) is 70.1. The molecule has 4 aromatic rings. The van der Waals surface area contributed by atoms with Gasteiger partial charge < -0.3 is 59.5 Å². The van der Waals surface area contributed by atoms with E-state index in [0.717, 1.165) is 11.1 Å². The minimum Gasteiger partial charge on any atom is -0.478 e. The molecule has 0 heterocycles. The van der Waals surface area contributed by atoms with Crippen molar-refractivity contribution in [3.05, 3.63) is 129 Å². The molecule has 2 aliphatic rings. The zero-order chi connectivity index (χ0) is 64.5. The summed E-state index contributed by atoms with van der Waals surface area (Å²) in [5, 5.41) is 21.1. The van der Waals surface area contributed by atoms with Gasteiger partial charge in [-0.15, -0.1) is 0 Å². The van der Waals surface area contributed by atoms with Gasteiger partial charge in [0.05, 0.1) is 19.4 Å². The van der Waals surface area contributed by atoms with Crippen LogP contribution in [0.15, 0.2) is 97.1 Å². The van der Waals surface area contributed by atoms with Crippen molar-refractivity contribution in [2.75, 3.05) is 46.2 Å². The van der Waals surface area contributed by atoms with Gasteiger partial charge in [0, 0.05) is 47.4 Å². The molecule has 0 aliphatic heterocycles. The molecule has 0 bridgehead atoms. The van der Waals surface area contributed by atoms with Gasteiger partial charge in [0.2, 0.25) is 6.79 Å². The first-order valence-electron chi connectivity index (χ1n) is 27.6. The van der Waals surface area contributed by atoms with Gasteiger partial charge in [0.25, 0.3) is 11.8 Å². The Kier molecular flexibility index (Phi) is 27.1. The van der Waals surface area contributed by atoms with E-state index in [1.54, 1.807) is 128 Å². The Bertz CT molecular complexity index is 2880. The van der Waals surface area contributed by atoms with E-state index < -0.39 is 77.3 Å². The Morgan fingerprint density at radius 1 is 0.541 bits per heavy atom. The Hall–Kier alpha value is -7.36. The third-order valence-electron chi connectivity index (χ3n) is 12.3. The van der Waals surface area contributed by atoms with E-state index in [0.29, 0.717) is 84.3 Å². The van der Waals surface area contributed by atoms with Crippen LogP contribution in [0, 0.1) is 10.8 Å². The molecule has 0 unspecified atom stereocenters. The number of alkyl halides is 2. The highest BCUT2D eigenvalue weighted by Crippen LogP contribution is 2.47. The second-order valence-corrected chi connectivity index (χ2v) is 23.7. The van der Waals surface area contributed by atoms with Crippen molar-refractivity contribution in [2.24, 2.45) is 10.8 Å². The Morgan fingerprint density at radius 2 is 0.894 bits per heavy atom. The predicted octanol–water partition coefficient (Wildman–Crippen LogP) is 11.0. The number of carbonyl (C=O) groups excluding carboxylic acids is 7. The monoisotopic (exact) mass is 1250 g/mol. The highest BCUT2D eigenvalue weighted by molar-refractivity contribution is 6.31. The molecular formula is C61H78Cl3FN4O16. The highest BCUT2D eigenvalue weighted by atomic mass is 35.5. The van der Waals surface area contributed by atoms with Crippen LogP contribution in [0.1, 0.15) is 128 Å². The minimum atomic E-state index is -1.35. The Labute approximate surface area is 512 Å².